The van der Waals surface area contributed by atoms with E-state index in [1.54, 1.807) is 23.2 Å². The number of hydrogen-bond donors (Lipinski definition) is 1. The fraction of sp³-hybridized carbons (Fsp3) is 0.250. The molecule has 0 saturated carbocycles. The number of nitrogens with one attached hydrogen (secondary N) is 1. The van der Waals surface area contributed by atoms with Gasteiger partial charge in [-0.2, -0.15) is 0 Å². The van der Waals surface area contributed by atoms with E-state index in [0.29, 0.717) is 31.9 Å². The zero-order chi connectivity index (χ0) is 17.6. The van der Waals surface area contributed by atoms with Crippen LogP contribution in [-0.2, 0) is 0 Å². The summed E-state index contributed by atoms with van der Waals surface area (Å²) in [6, 6.07) is 14.7. The molecule has 0 radical (unpaired) electrons. The average molecular weight is 339 g/mol. The van der Waals surface area contributed by atoms with Crippen molar-refractivity contribution in [2.45, 2.75) is 6.92 Å². The topological polar surface area (TPSA) is 35.6 Å². The van der Waals surface area contributed by atoms with E-state index in [1.807, 2.05) is 48.2 Å². The Morgan fingerprint density at radius 2 is 1.72 bits per heavy atom. The third-order valence-electron chi connectivity index (χ3n) is 4.32. The molecule has 0 unspecified atom stereocenters. The lowest BCUT2D eigenvalue weighted by atomic mass is 10.1. The maximum absolute atomic E-state index is 13.8. The summed E-state index contributed by atoms with van der Waals surface area (Å²) in [7, 11) is 0. The fourth-order valence-corrected chi connectivity index (χ4v) is 2.84. The largest absolute Gasteiger partial charge is 0.366 e. The predicted octanol–water partition coefficient (Wildman–Crippen LogP) is 3.64. The van der Waals surface area contributed by atoms with Crippen LogP contribution in [0.15, 0.2) is 54.7 Å². The number of hydrogen-bond acceptors (Lipinski definition) is 2. The van der Waals surface area contributed by atoms with Crippen LogP contribution in [0.5, 0.6) is 0 Å². The monoisotopic (exact) mass is 339 g/mol. The Hall–Kier alpha value is -2.82. The number of rotatable bonds is 3. The Labute approximate surface area is 147 Å². The van der Waals surface area contributed by atoms with Crippen molar-refractivity contribution >= 4 is 17.8 Å². The maximum atomic E-state index is 13.8. The molecule has 2 aromatic carbocycles. The summed E-state index contributed by atoms with van der Waals surface area (Å²) in [4.78, 5) is 15.9. The third kappa shape index (κ3) is 4.38. The van der Waals surface area contributed by atoms with Crippen molar-refractivity contribution in [1.82, 2.24) is 10.2 Å². The summed E-state index contributed by atoms with van der Waals surface area (Å²) in [5.41, 5.74) is 2.84. The number of nitrogens with zero attached hydrogens (tertiary/aromatic N) is 2. The second-order valence-corrected chi connectivity index (χ2v) is 6.12. The van der Waals surface area contributed by atoms with Gasteiger partial charge in [0.15, 0.2) is 0 Å². The van der Waals surface area contributed by atoms with Crippen LogP contribution in [0.2, 0.25) is 0 Å². The van der Waals surface area contributed by atoms with Crippen molar-refractivity contribution in [1.29, 1.82) is 0 Å². The lowest BCUT2D eigenvalue weighted by Crippen LogP contribution is -2.51. The van der Waals surface area contributed by atoms with Crippen molar-refractivity contribution in [3.63, 3.8) is 0 Å². The molecule has 1 aliphatic heterocycles. The highest BCUT2D eigenvalue weighted by Gasteiger charge is 2.21. The molecule has 2 aromatic rings. The second-order valence-electron chi connectivity index (χ2n) is 6.12. The van der Waals surface area contributed by atoms with Gasteiger partial charge < -0.3 is 15.1 Å². The molecule has 5 heteroatoms. The van der Waals surface area contributed by atoms with Gasteiger partial charge in [-0.25, -0.2) is 9.18 Å². The molecule has 0 atom stereocenters. The van der Waals surface area contributed by atoms with Gasteiger partial charge in [0.2, 0.25) is 0 Å². The van der Waals surface area contributed by atoms with E-state index in [2.05, 4.69) is 5.32 Å². The average Bonchev–Trinajstić information content (AvgIpc) is 2.64. The van der Waals surface area contributed by atoms with Crippen LogP contribution in [0.4, 0.5) is 14.9 Å². The normalized spacial score (nSPS) is 14.8. The molecule has 130 valence electrons. The summed E-state index contributed by atoms with van der Waals surface area (Å²) >= 11 is 0. The summed E-state index contributed by atoms with van der Waals surface area (Å²) < 4.78 is 13.8. The van der Waals surface area contributed by atoms with Crippen LogP contribution in [0, 0.1) is 12.7 Å². The van der Waals surface area contributed by atoms with Crippen LogP contribution < -0.4 is 10.2 Å². The van der Waals surface area contributed by atoms with Crippen LogP contribution in [-0.4, -0.2) is 37.1 Å². The smallest absolute Gasteiger partial charge is 0.321 e. The summed E-state index contributed by atoms with van der Waals surface area (Å²) in [5, 5.41) is 2.80. The van der Waals surface area contributed by atoms with Crippen LogP contribution in [0.25, 0.3) is 6.08 Å². The molecule has 1 heterocycles. The SMILES string of the molecule is Cc1ccc(/C=C/NC(=O)N2CCN(c3ccccc3F)CC2)cc1. The second kappa shape index (κ2) is 7.83. The number of urea groups is 1. The Bertz CT molecular complexity index is 750. The lowest BCUT2D eigenvalue weighted by Gasteiger charge is -2.35. The number of aryl methyl sites for hydroxylation is 1. The van der Waals surface area contributed by atoms with Crippen LogP contribution in [0.3, 0.4) is 0 Å². The van der Waals surface area contributed by atoms with E-state index in [9.17, 15) is 9.18 Å². The lowest BCUT2D eigenvalue weighted by molar-refractivity contribution is 0.198. The summed E-state index contributed by atoms with van der Waals surface area (Å²) in [5.74, 6) is -0.221. The van der Waals surface area contributed by atoms with E-state index in [0.717, 1.165) is 5.56 Å². The predicted molar refractivity (Wildman–Crippen MR) is 98.9 cm³/mol. The highest BCUT2D eigenvalue weighted by Crippen LogP contribution is 2.20. The van der Waals surface area contributed by atoms with Crippen molar-refractivity contribution < 1.29 is 9.18 Å². The van der Waals surface area contributed by atoms with Gasteiger partial charge in [0.25, 0.3) is 0 Å². The number of carbonyl (C=O) groups is 1. The van der Waals surface area contributed by atoms with E-state index in [4.69, 9.17) is 0 Å². The Morgan fingerprint density at radius 3 is 2.40 bits per heavy atom. The number of piperazine rings is 1. The Morgan fingerprint density at radius 1 is 1.04 bits per heavy atom. The molecule has 1 aliphatic rings. The van der Waals surface area contributed by atoms with Crippen molar-refractivity contribution in [2.75, 3.05) is 31.1 Å². The van der Waals surface area contributed by atoms with Gasteiger partial charge in [-0.1, -0.05) is 42.0 Å². The van der Waals surface area contributed by atoms with Crippen molar-refractivity contribution in [2.24, 2.45) is 0 Å². The van der Waals surface area contributed by atoms with Gasteiger partial charge in [-0.05, 0) is 30.7 Å². The zero-order valence-electron chi connectivity index (χ0n) is 14.3. The third-order valence-corrected chi connectivity index (χ3v) is 4.32. The molecular weight excluding hydrogens is 317 g/mol. The zero-order valence-corrected chi connectivity index (χ0v) is 14.3. The summed E-state index contributed by atoms with van der Waals surface area (Å²) in [6.07, 6.45) is 3.53. The number of carbonyl (C=O) groups excluding carboxylic acids is 1. The van der Waals surface area contributed by atoms with Gasteiger partial charge in [0.1, 0.15) is 5.82 Å². The quantitative estimate of drug-likeness (QED) is 0.927. The van der Waals surface area contributed by atoms with Gasteiger partial charge in [0.05, 0.1) is 5.69 Å². The van der Waals surface area contributed by atoms with E-state index < -0.39 is 0 Å². The molecule has 3 rings (SSSR count). The van der Waals surface area contributed by atoms with E-state index >= 15 is 0 Å². The molecule has 0 spiro atoms. The number of anilines is 1. The van der Waals surface area contributed by atoms with Crippen molar-refractivity contribution in [3.8, 4) is 0 Å². The first-order valence-electron chi connectivity index (χ1n) is 8.41. The van der Waals surface area contributed by atoms with E-state index in [-0.39, 0.29) is 11.8 Å². The molecule has 25 heavy (non-hydrogen) atoms. The first kappa shape index (κ1) is 17.0. The fourth-order valence-electron chi connectivity index (χ4n) is 2.84. The number of para-hydroxylation sites is 1. The highest BCUT2D eigenvalue weighted by molar-refractivity contribution is 5.76. The molecule has 1 fully saturated rings. The number of halogens is 1. The van der Waals surface area contributed by atoms with Crippen LogP contribution >= 0.6 is 0 Å². The highest BCUT2D eigenvalue weighted by atomic mass is 19.1. The Kier molecular flexibility index (Phi) is 5.33. The van der Waals surface area contributed by atoms with Gasteiger partial charge in [-0.15, -0.1) is 0 Å². The summed E-state index contributed by atoms with van der Waals surface area (Å²) in [6.45, 7) is 4.42. The maximum Gasteiger partial charge on any atom is 0.321 e. The Balaban J connectivity index is 1.50. The molecule has 0 aromatic heterocycles. The minimum Gasteiger partial charge on any atom is -0.366 e. The molecule has 1 saturated heterocycles. The molecule has 0 aliphatic carbocycles. The molecular formula is C20H22FN3O. The van der Waals surface area contributed by atoms with E-state index in [1.165, 1.54) is 11.6 Å². The van der Waals surface area contributed by atoms with Gasteiger partial charge in [0, 0.05) is 32.4 Å². The minimum atomic E-state index is -0.221. The molecule has 2 amide bonds. The first-order valence-corrected chi connectivity index (χ1v) is 8.41. The number of amides is 2. The minimum absolute atomic E-state index is 0.128. The number of benzene rings is 2. The van der Waals surface area contributed by atoms with Gasteiger partial charge in [-0.3, -0.25) is 0 Å². The first-order chi connectivity index (χ1) is 12.1. The standard InChI is InChI=1S/C20H22FN3O/c1-16-6-8-17(9-7-16)10-11-22-20(25)24-14-12-23(13-15-24)19-5-3-2-4-18(19)21/h2-11H,12-15H2,1H3,(H,22,25)/b11-10+. The molecule has 4 nitrogen and oxygen atoms in total. The van der Waals surface area contributed by atoms with Crippen LogP contribution in [0.1, 0.15) is 11.1 Å². The van der Waals surface area contributed by atoms with Gasteiger partial charge >= 0.3 is 6.03 Å². The van der Waals surface area contributed by atoms with Crippen molar-refractivity contribution in [3.05, 3.63) is 71.7 Å². The molecule has 1 N–H and O–H groups in total. The molecule has 0 bridgehead atoms.